The standard InChI is InChI=1S/C17H22N2.C10H8O3S/c1-19(2)10-12-9-11-7-8-13(12)17-16(11)14-5-3-4-6-15(14)18-17;11-14(12,13)10-6-5-8-3-1-2-4-9(8)7-10/h3-6,11-13,18H,7-10H2,1-2H3;1-7H,(H,11,12,13). The van der Waals surface area contributed by atoms with Gasteiger partial charge in [0.05, 0.1) is 4.90 Å². The molecule has 6 heteroatoms. The highest BCUT2D eigenvalue weighted by molar-refractivity contribution is 7.85. The minimum Gasteiger partial charge on any atom is -0.358 e. The molecule has 3 unspecified atom stereocenters. The summed E-state index contributed by atoms with van der Waals surface area (Å²) in [5.74, 6) is 2.39. The van der Waals surface area contributed by atoms with Crippen LogP contribution < -0.4 is 0 Å². The van der Waals surface area contributed by atoms with E-state index < -0.39 is 10.1 Å². The predicted molar refractivity (Wildman–Crippen MR) is 133 cm³/mol. The van der Waals surface area contributed by atoms with Gasteiger partial charge in [0.15, 0.2) is 0 Å². The first-order valence-corrected chi connectivity index (χ1v) is 13.0. The number of fused-ring (bicyclic) bond motifs is 4. The number of nitrogens with zero attached hydrogens (tertiary/aromatic N) is 1. The van der Waals surface area contributed by atoms with Gasteiger partial charge in [0.1, 0.15) is 0 Å². The van der Waals surface area contributed by atoms with Crippen LogP contribution in [0.2, 0.25) is 0 Å². The van der Waals surface area contributed by atoms with Crippen LogP contribution in [0.4, 0.5) is 0 Å². The van der Waals surface area contributed by atoms with E-state index in [1.807, 2.05) is 18.2 Å². The van der Waals surface area contributed by atoms with Gasteiger partial charge in [-0.1, -0.05) is 48.5 Å². The Morgan fingerprint density at radius 2 is 1.70 bits per heavy atom. The summed E-state index contributed by atoms with van der Waals surface area (Å²) >= 11 is 0. The number of aromatic amines is 1. The lowest BCUT2D eigenvalue weighted by Gasteiger charge is -2.43. The van der Waals surface area contributed by atoms with Crippen LogP contribution in [0.15, 0.2) is 71.6 Å². The van der Waals surface area contributed by atoms with Gasteiger partial charge in [0.2, 0.25) is 0 Å². The van der Waals surface area contributed by atoms with Crippen LogP contribution in [-0.4, -0.2) is 43.5 Å². The zero-order valence-electron chi connectivity index (χ0n) is 19.0. The average molecular weight is 463 g/mol. The second-order valence-electron chi connectivity index (χ2n) is 9.62. The molecule has 1 heterocycles. The van der Waals surface area contributed by atoms with Crippen LogP contribution in [0.5, 0.6) is 0 Å². The van der Waals surface area contributed by atoms with Crippen molar-refractivity contribution in [2.24, 2.45) is 5.92 Å². The van der Waals surface area contributed by atoms with Gasteiger partial charge < -0.3 is 9.88 Å². The van der Waals surface area contributed by atoms with Crippen LogP contribution in [0.3, 0.4) is 0 Å². The Morgan fingerprint density at radius 3 is 2.45 bits per heavy atom. The SMILES string of the molecule is CN(C)CC1CC2CCC1c1[nH]c3ccccc3c12.O=S(=O)(O)c1ccc2ccccc2c1. The molecular weight excluding hydrogens is 432 g/mol. The highest BCUT2D eigenvalue weighted by Crippen LogP contribution is 2.54. The Balaban J connectivity index is 0.000000146. The molecule has 1 fully saturated rings. The van der Waals surface area contributed by atoms with Gasteiger partial charge in [0, 0.05) is 29.1 Å². The van der Waals surface area contributed by atoms with E-state index >= 15 is 0 Å². The molecule has 1 saturated carbocycles. The van der Waals surface area contributed by atoms with Crippen LogP contribution in [0.1, 0.15) is 42.4 Å². The molecule has 0 spiro atoms. The van der Waals surface area contributed by atoms with E-state index in [9.17, 15) is 8.42 Å². The summed E-state index contributed by atoms with van der Waals surface area (Å²) in [6.45, 7) is 1.23. The van der Waals surface area contributed by atoms with Crippen LogP contribution in [0.25, 0.3) is 21.7 Å². The fourth-order valence-corrected chi connectivity index (χ4v) is 6.34. The Morgan fingerprint density at radius 1 is 0.970 bits per heavy atom. The molecule has 5 nitrogen and oxygen atoms in total. The summed E-state index contributed by atoms with van der Waals surface area (Å²) in [5, 5.41) is 3.22. The maximum absolute atomic E-state index is 10.8. The van der Waals surface area contributed by atoms with E-state index in [0.29, 0.717) is 0 Å². The Bertz CT molecular complexity index is 1410. The quantitative estimate of drug-likeness (QED) is 0.378. The third-order valence-electron chi connectivity index (χ3n) is 7.16. The van der Waals surface area contributed by atoms with E-state index in [1.165, 1.54) is 48.8 Å². The zero-order valence-corrected chi connectivity index (χ0v) is 19.8. The van der Waals surface area contributed by atoms with E-state index in [1.54, 1.807) is 23.4 Å². The molecule has 2 bridgehead atoms. The van der Waals surface area contributed by atoms with Gasteiger partial charge in [-0.2, -0.15) is 8.42 Å². The maximum Gasteiger partial charge on any atom is 0.294 e. The predicted octanol–water partition coefficient (Wildman–Crippen LogP) is 5.80. The lowest BCUT2D eigenvalue weighted by Crippen LogP contribution is -2.35. The molecule has 172 valence electrons. The third kappa shape index (κ3) is 4.31. The lowest BCUT2D eigenvalue weighted by atomic mass is 9.63. The number of benzene rings is 3. The van der Waals surface area contributed by atoms with Gasteiger partial charge >= 0.3 is 0 Å². The van der Waals surface area contributed by atoms with Crippen LogP contribution in [-0.2, 0) is 10.1 Å². The molecular formula is C27H30N2O3S. The molecule has 3 aromatic carbocycles. The number of aromatic nitrogens is 1. The fourth-order valence-electron chi connectivity index (χ4n) is 5.82. The van der Waals surface area contributed by atoms with Crippen molar-refractivity contribution in [3.8, 4) is 0 Å². The van der Waals surface area contributed by atoms with Gasteiger partial charge in [-0.25, -0.2) is 0 Å². The molecule has 3 atom stereocenters. The van der Waals surface area contributed by atoms with Gasteiger partial charge in [-0.3, -0.25) is 4.55 Å². The van der Waals surface area contributed by atoms with Crippen molar-refractivity contribution >= 4 is 31.8 Å². The van der Waals surface area contributed by atoms with Crippen LogP contribution in [0, 0.1) is 5.92 Å². The molecule has 0 radical (unpaired) electrons. The van der Waals surface area contributed by atoms with Crippen molar-refractivity contribution < 1.29 is 13.0 Å². The molecule has 1 aromatic heterocycles. The molecule has 2 N–H and O–H groups in total. The Hall–Kier alpha value is -2.67. The Kier molecular flexibility index (Phi) is 5.77. The number of rotatable bonds is 3. The van der Waals surface area contributed by atoms with Crippen molar-refractivity contribution in [1.82, 2.24) is 9.88 Å². The maximum atomic E-state index is 10.8. The van der Waals surface area contributed by atoms with E-state index in [-0.39, 0.29) is 4.90 Å². The van der Waals surface area contributed by atoms with E-state index in [2.05, 4.69) is 48.2 Å². The number of H-pyrrole nitrogens is 1. The first-order valence-electron chi connectivity index (χ1n) is 11.5. The van der Waals surface area contributed by atoms with E-state index in [4.69, 9.17) is 4.55 Å². The summed E-state index contributed by atoms with van der Waals surface area (Å²) in [5.41, 5.74) is 4.56. The molecule has 0 saturated heterocycles. The monoisotopic (exact) mass is 462 g/mol. The summed E-state index contributed by atoms with van der Waals surface area (Å²) in [7, 11) is 0.311. The van der Waals surface area contributed by atoms with Crippen molar-refractivity contribution in [1.29, 1.82) is 0 Å². The fraction of sp³-hybridized carbons (Fsp3) is 0.333. The number of hydrogen-bond acceptors (Lipinski definition) is 3. The molecule has 0 amide bonds. The third-order valence-corrected chi connectivity index (χ3v) is 8.01. The highest BCUT2D eigenvalue weighted by Gasteiger charge is 2.41. The number of hydrogen-bond donors (Lipinski definition) is 2. The van der Waals surface area contributed by atoms with Crippen molar-refractivity contribution in [2.45, 2.75) is 36.0 Å². The Labute approximate surface area is 195 Å². The summed E-state index contributed by atoms with van der Waals surface area (Å²) in [6, 6.07) is 20.7. The van der Waals surface area contributed by atoms with E-state index in [0.717, 1.165) is 28.5 Å². The minimum absolute atomic E-state index is 0.0730. The lowest BCUT2D eigenvalue weighted by molar-refractivity contribution is 0.196. The second kappa shape index (κ2) is 8.60. The van der Waals surface area contributed by atoms with Crippen molar-refractivity contribution in [3.05, 3.63) is 78.0 Å². The first kappa shape index (κ1) is 22.1. The molecule has 3 aliphatic carbocycles. The summed E-state index contributed by atoms with van der Waals surface area (Å²) in [4.78, 5) is 6.01. The second-order valence-corrected chi connectivity index (χ2v) is 11.0. The topological polar surface area (TPSA) is 73.4 Å². The van der Waals surface area contributed by atoms with Gasteiger partial charge in [0.25, 0.3) is 10.1 Å². The summed E-state index contributed by atoms with van der Waals surface area (Å²) in [6.07, 6.45) is 4.16. The molecule has 33 heavy (non-hydrogen) atoms. The molecule has 3 aliphatic rings. The number of nitrogens with one attached hydrogen (secondary N) is 1. The molecule has 0 aliphatic heterocycles. The summed E-state index contributed by atoms with van der Waals surface area (Å²) < 4.78 is 30.5. The van der Waals surface area contributed by atoms with Crippen LogP contribution >= 0.6 is 0 Å². The minimum atomic E-state index is -4.09. The largest absolute Gasteiger partial charge is 0.358 e. The average Bonchev–Trinajstić information content (AvgIpc) is 3.20. The number of para-hydroxylation sites is 1. The normalized spacial score (nSPS) is 21.8. The smallest absolute Gasteiger partial charge is 0.294 e. The zero-order chi connectivity index (χ0) is 23.2. The van der Waals surface area contributed by atoms with Gasteiger partial charge in [-0.05, 0) is 79.7 Å². The van der Waals surface area contributed by atoms with Gasteiger partial charge in [-0.15, -0.1) is 0 Å². The highest BCUT2D eigenvalue weighted by atomic mass is 32.2. The molecule has 7 rings (SSSR count). The first-order chi connectivity index (χ1) is 15.8. The van der Waals surface area contributed by atoms with Crippen molar-refractivity contribution in [2.75, 3.05) is 20.6 Å². The molecule has 4 aromatic rings. The van der Waals surface area contributed by atoms with Crippen molar-refractivity contribution in [3.63, 3.8) is 0 Å².